The van der Waals surface area contributed by atoms with Crippen LogP contribution in [0.25, 0.3) is 28.2 Å². The summed E-state index contributed by atoms with van der Waals surface area (Å²) in [5, 5.41) is 5.79. The van der Waals surface area contributed by atoms with E-state index in [4.69, 9.17) is 19.2 Å². The smallest absolute Gasteiger partial charge is 0.407 e. The van der Waals surface area contributed by atoms with Crippen LogP contribution in [0.1, 0.15) is 77.2 Å². The quantitative estimate of drug-likeness (QED) is 0.228. The molecule has 4 bridgehead atoms. The Hall–Kier alpha value is -5.44. The summed E-state index contributed by atoms with van der Waals surface area (Å²) >= 11 is 0. The second-order valence-electron chi connectivity index (χ2n) is 17.7. The monoisotopic (exact) mass is 839 g/mol. The van der Waals surface area contributed by atoms with Crippen LogP contribution >= 0.6 is 0 Å². The van der Waals surface area contributed by atoms with Crippen molar-refractivity contribution in [1.29, 1.82) is 0 Å². The molecular weight excluding hydrogens is 787 g/mol. The van der Waals surface area contributed by atoms with E-state index in [2.05, 4.69) is 21.9 Å². The molecule has 8 rings (SSSR count). The molecule has 3 heterocycles. The van der Waals surface area contributed by atoms with Gasteiger partial charge in [0, 0.05) is 46.4 Å². The number of carbonyl (C=O) groups is 4. The van der Waals surface area contributed by atoms with Gasteiger partial charge in [0.15, 0.2) is 0 Å². The molecule has 2 aromatic carbocycles. The number of ether oxygens (including phenoxy) is 3. The van der Waals surface area contributed by atoms with Crippen molar-refractivity contribution in [3.63, 3.8) is 0 Å². The highest BCUT2D eigenvalue weighted by Gasteiger charge is 2.62. The number of hydrogen-bond donors (Lipinski definition) is 3. The molecule has 318 valence electrons. The first-order valence-corrected chi connectivity index (χ1v) is 22.4. The van der Waals surface area contributed by atoms with E-state index < -0.39 is 74.1 Å². The average Bonchev–Trinajstić information content (AvgIpc) is 4.10. The van der Waals surface area contributed by atoms with Crippen LogP contribution in [0.5, 0.6) is 11.5 Å². The lowest BCUT2D eigenvalue weighted by atomic mass is 9.90. The summed E-state index contributed by atoms with van der Waals surface area (Å²) in [5.41, 5.74) is 0.869. The lowest BCUT2D eigenvalue weighted by molar-refractivity contribution is -0.142. The third-order valence-electron chi connectivity index (χ3n) is 12.6. The number of alkyl carbamates (subject to hydrolysis) is 1. The molecule has 5 atom stereocenters. The molecule has 0 unspecified atom stereocenters. The predicted octanol–water partition coefficient (Wildman–Crippen LogP) is 5.66. The van der Waals surface area contributed by atoms with Crippen LogP contribution in [0.4, 0.5) is 4.79 Å². The molecule has 1 saturated heterocycles. The van der Waals surface area contributed by atoms with Gasteiger partial charge in [-0.3, -0.25) is 19.1 Å². The Balaban J connectivity index is 1.20. The second kappa shape index (κ2) is 16.2. The van der Waals surface area contributed by atoms with Crippen molar-refractivity contribution < 1.29 is 41.8 Å². The van der Waals surface area contributed by atoms with E-state index >= 15 is 0 Å². The van der Waals surface area contributed by atoms with Crippen molar-refractivity contribution in [1.82, 2.24) is 25.2 Å². The number of fused-ring (bicyclic) bond motifs is 3. The Morgan fingerprint density at radius 1 is 1.07 bits per heavy atom. The fourth-order valence-corrected chi connectivity index (χ4v) is 10.2. The standard InChI is InChI=1S/C45H53N5O9S/c1-5-30-24-45(30,42(53)49-60(55,56)32-17-18-32)48-40(51)36-21-31-25-50(36)41(52)39(28-14-9-10-15-28)47-43(54)58-26-44(2,3)19-11-16-29-20-33-35(23-37(29)57-4)46-34(22-38(33)59-31)27-12-7-6-8-13-27/h5-8,11-13,16,20,22-23,28,30-32,36,39H,1,9-10,14-15,17-19,21,24-26H2,2-4H3,(H,47,54)(H,48,51)(H,49,53)/b16-11+/t30-,31+,36-,39-,45+/m0/s1. The number of carbonyl (C=O) groups excluding carboxylic acids is 4. The lowest BCUT2D eigenvalue weighted by Crippen LogP contribution is -2.59. The van der Waals surface area contributed by atoms with Gasteiger partial charge in [0.1, 0.15) is 35.2 Å². The van der Waals surface area contributed by atoms with Gasteiger partial charge in [-0.2, -0.15) is 0 Å². The zero-order valence-corrected chi connectivity index (χ0v) is 35.1. The number of allylic oxidation sites excluding steroid dienone is 1. The van der Waals surface area contributed by atoms with Crippen molar-refractivity contribution >= 4 is 50.8 Å². The number of cyclic esters (lactones) is 1. The Morgan fingerprint density at radius 2 is 1.82 bits per heavy atom. The molecule has 0 spiro atoms. The lowest BCUT2D eigenvalue weighted by Gasteiger charge is -2.32. The highest BCUT2D eigenvalue weighted by atomic mass is 32.2. The molecule has 3 saturated carbocycles. The summed E-state index contributed by atoms with van der Waals surface area (Å²) in [4.78, 5) is 63.2. The van der Waals surface area contributed by atoms with E-state index in [-0.39, 0.29) is 31.9 Å². The minimum atomic E-state index is -3.92. The van der Waals surface area contributed by atoms with Crippen LogP contribution in [-0.2, 0) is 29.1 Å². The molecule has 60 heavy (non-hydrogen) atoms. The van der Waals surface area contributed by atoms with E-state index in [1.54, 1.807) is 7.11 Å². The normalized spacial score (nSPS) is 27.5. The first-order chi connectivity index (χ1) is 28.7. The molecule has 3 N–H and O–H groups in total. The summed E-state index contributed by atoms with van der Waals surface area (Å²) in [6.45, 7) is 7.86. The maximum absolute atomic E-state index is 14.9. The SMILES string of the molecule is C=C[C@H]1C[C@]1(NC(=O)[C@@H]1C[C@@H]2CN1C(=O)[C@H](C1CCCC1)NC(=O)OCC(C)(C)C/C=C/c1cc3c(cc(-c4ccccc4)nc3cc1OC)O2)C(=O)NS(=O)(=O)C1CC1. The number of methoxy groups -OCH3 is 1. The van der Waals surface area contributed by atoms with Crippen LogP contribution < -0.4 is 24.8 Å². The molecule has 2 aliphatic heterocycles. The van der Waals surface area contributed by atoms with Gasteiger partial charge in [-0.1, -0.05) is 75.2 Å². The van der Waals surface area contributed by atoms with Crippen molar-refractivity contribution in [2.45, 2.75) is 101 Å². The highest BCUT2D eigenvalue weighted by Crippen LogP contribution is 2.46. The van der Waals surface area contributed by atoms with Gasteiger partial charge < -0.3 is 29.7 Å². The van der Waals surface area contributed by atoms with Crippen LogP contribution in [0.3, 0.4) is 0 Å². The summed E-state index contributed by atoms with van der Waals surface area (Å²) in [6, 6.07) is 13.2. The summed E-state index contributed by atoms with van der Waals surface area (Å²) < 4.78 is 46.3. The van der Waals surface area contributed by atoms with Crippen molar-refractivity contribution in [3.05, 3.63) is 72.8 Å². The van der Waals surface area contributed by atoms with Gasteiger partial charge in [0.25, 0.3) is 5.91 Å². The van der Waals surface area contributed by atoms with Crippen molar-refractivity contribution in [2.75, 3.05) is 20.3 Å². The zero-order valence-electron chi connectivity index (χ0n) is 34.3. The maximum atomic E-state index is 14.9. The molecule has 4 amide bonds. The Kier molecular flexibility index (Phi) is 11.2. The number of aromatic nitrogens is 1. The van der Waals surface area contributed by atoms with E-state index in [0.29, 0.717) is 60.2 Å². The van der Waals surface area contributed by atoms with Gasteiger partial charge in [-0.15, -0.1) is 6.58 Å². The third-order valence-corrected chi connectivity index (χ3v) is 14.4. The van der Waals surface area contributed by atoms with E-state index in [0.717, 1.165) is 24.0 Å². The molecule has 3 aliphatic carbocycles. The minimum absolute atomic E-state index is 0.0164. The minimum Gasteiger partial charge on any atom is -0.496 e. The fourth-order valence-electron chi connectivity index (χ4n) is 8.82. The van der Waals surface area contributed by atoms with Gasteiger partial charge in [0.05, 0.1) is 36.7 Å². The summed E-state index contributed by atoms with van der Waals surface area (Å²) in [5.74, 6) is -1.57. The molecule has 4 fully saturated rings. The van der Waals surface area contributed by atoms with Gasteiger partial charge in [-0.05, 0) is 50.5 Å². The van der Waals surface area contributed by atoms with Gasteiger partial charge in [-0.25, -0.2) is 18.2 Å². The Bertz CT molecular complexity index is 2340. The third kappa shape index (κ3) is 8.45. The number of pyridine rings is 1. The number of rotatable bonds is 9. The molecule has 3 aromatic rings. The topological polar surface area (TPSA) is 182 Å². The Morgan fingerprint density at radius 3 is 2.50 bits per heavy atom. The van der Waals surface area contributed by atoms with E-state index in [1.165, 1.54) is 11.0 Å². The highest BCUT2D eigenvalue weighted by molar-refractivity contribution is 7.91. The fraction of sp³-hybridized carbons (Fsp3) is 0.489. The molecule has 0 radical (unpaired) electrons. The number of sulfonamides is 1. The van der Waals surface area contributed by atoms with Crippen molar-refractivity contribution in [2.24, 2.45) is 17.3 Å². The van der Waals surface area contributed by atoms with Crippen molar-refractivity contribution in [3.8, 4) is 22.8 Å². The van der Waals surface area contributed by atoms with Crippen LogP contribution in [0, 0.1) is 17.3 Å². The zero-order chi connectivity index (χ0) is 42.4. The molecule has 1 aromatic heterocycles. The Labute approximate surface area is 350 Å². The number of amides is 4. The van der Waals surface area contributed by atoms with E-state index in [9.17, 15) is 27.6 Å². The molecule has 15 heteroatoms. The first kappa shape index (κ1) is 41.3. The van der Waals surface area contributed by atoms with Gasteiger partial charge in [0.2, 0.25) is 21.8 Å². The first-order valence-electron chi connectivity index (χ1n) is 20.9. The maximum Gasteiger partial charge on any atom is 0.407 e. The molecule has 5 aliphatic rings. The molecular formula is C45H53N5O9S. The van der Waals surface area contributed by atoms with Crippen LogP contribution in [-0.4, -0.2) is 91.4 Å². The average molecular weight is 840 g/mol. The van der Waals surface area contributed by atoms with Crippen LogP contribution in [0.2, 0.25) is 0 Å². The van der Waals surface area contributed by atoms with Gasteiger partial charge >= 0.3 is 6.09 Å². The van der Waals surface area contributed by atoms with E-state index in [1.807, 2.05) is 74.5 Å². The number of hydrogen-bond acceptors (Lipinski definition) is 10. The second-order valence-corrected chi connectivity index (χ2v) is 19.6. The number of benzene rings is 2. The number of nitrogens with zero attached hydrogens (tertiary/aromatic N) is 2. The number of nitrogens with one attached hydrogen (secondary N) is 3. The summed E-state index contributed by atoms with van der Waals surface area (Å²) in [7, 11) is -2.32. The summed E-state index contributed by atoms with van der Waals surface area (Å²) in [6.07, 6.45) is 8.89. The molecule has 14 nitrogen and oxygen atoms in total. The largest absolute Gasteiger partial charge is 0.496 e. The predicted molar refractivity (Wildman–Crippen MR) is 225 cm³/mol. The van der Waals surface area contributed by atoms with Crippen LogP contribution in [0.15, 0.2) is 67.3 Å².